The molecule has 116 valence electrons. The molecule has 0 spiro atoms. The first-order chi connectivity index (χ1) is 9.50. The fourth-order valence-electron chi connectivity index (χ4n) is 2.07. The maximum atomic E-state index is 11.9. The molecule has 0 aromatic heterocycles. The molecule has 1 atom stereocenters. The fraction of sp³-hybridized carbons (Fsp3) is 0.846. The highest BCUT2D eigenvalue weighted by molar-refractivity contribution is 7.99. The van der Waals surface area contributed by atoms with Gasteiger partial charge in [-0.15, -0.1) is 0 Å². The Kier molecular flexibility index (Phi) is 7.15. The van der Waals surface area contributed by atoms with E-state index in [9.17, 15) is 14.7 Å². The molecule has 0 saturated carbocycles. The minimum Gasteiger partial charge on any atom is -0.480 e. The number of aliphatic carboxylic acids is 1. The summed E-state index contributed by atoms with van der Waals surface area (Å²) >= 11 is 1.82. The monoisotopic (exact) mass is 304 g/mol. The minimum absolute atomic E-state index is 0.0275. The second kappa shape index (κ2) is 8.36. The van der Waals surface area contributed by atoms with Crippen LogP contribution in [0.2, 0.25) is 0 Å². The molecule has 1 saturated heterocycles. The van der Waals surface area contributed by atoms with Crippen LogP contribution in [0.4, 0.5) is 4.79 Å². The first-order valence-electron chi connectivity index (χ1n) is 6.98. The van der Waals surface area contributed by atoms with Crippen LogP contribution < -0.4 is 10.6 Å². The lowest BCUT2D eigenvalue weighted by Gasteiger charge is -2.34. The normalized spacial score (nSPS) is 19.1. The number of carbonyl (C=O) groups excluding carboxylic acids is 1. The molecule has 6 nitrogen and oxygen atoms in total. The summed E-state index contributed by atoms with van der Waals surface area (Å²) in [5, 5.41) is 14.8. The van der Waals surface area contributed by atoms with E-state index in [1.54, 1.807) is 0 Å². The Hall–Kier alpha value is -0.950. The van der Waals surface area contributed by atoms with Crippen LogP contribution in [0.25, 0.3) is 0 Å². The van der Waals surface area contributed by atoms with Gasteiger partial charge in [0.15, 0.2) is 0 Å². The third kappa shape index (κ3) is 5.20. The molecule has 0 aliphatic carbocycles. The van der Waals surface area contributed by atoms with E-state index in [1.165, 1.54) is 0 Å². The third-order valence-electron chi connectivity index (χ3n) is 3.39. The van der Waals surface area contributed by atoms with Crippen molar-refractivity contribution < 1.29 is 19.4 Å². The number of hydrogen-bond donors (Lipinski definition) is 3. The van der Waals surface area contributed by atoms with Gasteiger partial charge in [-0.2, -0.15) is 11.8 Å². The number of rotatable bonds is 7. The van der Waals surface area contributed by atoms with Crippen LogP contribution >= 0.6 is 11.8 Å². The Balaban J connectivity index is 2.44. The van der Waals surface area contributed by atoms with Crippen LogP contribution in [0, 0.1) is 0 Å². The molecule has 1 unspecified atom stereocenters. The predicted molar refractivity (Wildman–Crippen MR) is 79.2 cm³/mol. The van der Waals surface area contributed by atoms with Crippen molar-refractivity contribution in [3.63, 3.8) is 0 Å². The molecule has 0 aromatic carbocycles. The quantitative estimate of drug-likeness (QED) is 0.620. The van der Waals surface area contributed by atoms with E-state index in [0.717, 1.165) is 17.9 Å². The van der Waals surface area contributed by atoms with Crippen LogP contribution in [0.3, 0.4) is 0 Å². The summed E-state index contributed by atoms with van der Waals surface area (Å²) in [7, 11) is 0. The van der Waals surface area contributed by atoms with Crippen molar-refractivity contribution in [2.75, 3.05) is 24.7 Å². The number of carbonyl (C=O) groups is 2. The van der Waals surface area contributed by atoms with Crippen LogP contribution in [0.5, 0.6) is 0 Å². The van der Waals surface area contributed by atoms with Crippen molar-refractivity contribution in [3.8, 4) is 0 Å². The van der Waals surface area contributed by atoms with Crippen molar-refractivity contribution in [1.82, 2.24) is 10.6 Å². The maximum Gasteiger partial charge on any atom is 0.329 e. The van der Waals surface area contributed by atoms with Crippen molar-refractivity contribution in [3.05, 3.63) is 0 Å². The standard InChI is InChI=1S/C13H24N2O4S/c1-3-20-9-4-10(2)14-12(18)15-13(11(16)17)5-7-19-8-6-13/h10H,3-9H2,1-2H3,(H,16,17)(H2,14,15,18). The van der Waals surface area contributed by atoms with E-state index in [2.05, 4.69) is 17.6 Å². The highest BCUT2D eigenvalue weighted by Crippen LogP contribution is 2.21. The van der Waals surface area contributed by atoms with E-state index in [4.69, 9.17) is 4.74 Å². The van der Waals surface area contributed by atoms with Gasteiger partial charge in [0.2, 0.25) is 0 Å². The van der Waals surface area contributed by atoms with E-state index in [0.29, 0.717) is 26.1 Å². The summed E-state index contributed by atoms with van der Waals surface area (Å²) in [5.74, 6) is 1.04. The molecule has 1 aliphatic heterocycles. The van der Waals surface area contributed by atoms with E-state index >= 15 is 0 Å². The fourth-order valence-corrected chi connectivity index (χ4v) is 2.87. The van der Waals surface area contributed by atoms with Crippen molar-refractivity contribution in [1.29, 1.82) is 0 Å². The molecular formula is C13H24N2O4S. The summed E-state index contributed by atoms with van der Waals surface area (Å²) in [6, 6.07) is -0.386. The first kappa shape index (κ1) is 17.1. The Bertz CT molecular complexity index is 332. The van der Waals surface area contributed by atoms with E-state index in [-0.39, 0.29) is 6.04 Å². The maximum absolute atomic E-state index is 11.9. The van der Waals surface area contributed by atoms with Gasteiger partial charge in [0.05, 0.1) is 0 Å². The average molecular weight is 304 g/mol. The number of nitrogens with one attached hydrogen (secondary N) is 2. The van der Waals surface area contributed by atoms with Crippen LogP contribution in [0.15, 0.2) is 0 Å². The van der Waals surface area contributed by atoms with Crippen molar-refractivity contribution >= 4 is 23.8 Å². The van der Waals surface area contributed by atoms with Crippen LogP contribution in [-0.2, 0) is 9.53 Å². The molecule has 1 heterocycles. The highest BCUT2D eigenvalue weighted by Gasteiger charge is 2.41. The van der Waals surface area contributed by atoms with Crippen LogP contribution in [0.1, 0.15) is 33.1 Å². The van der Waals surface area contributed by atoms with Gasteiger partial charge in [-0.05, 0) is 24.9 Å². The van der Waals surface area contributed by atoms with Gasteiger partial charge in [-0.1, -0.05) is 6.92 Å². The van der Waals surface area contributed by atoms with Gasteiger partial charge < -0.3 is 20.5 Å². The molecule has 20 heavy (non-hydrogen) atoms. The lowest BCUT2D eigenvalue weighted by molar-refractivity contribution is -0.148. The van der Waals surface area contributed by atoms with Crippen molar-refractivity contribution in [2.24, 2.45) is 0 Å². The lowest BCUT2D eigenvalue weighted by Crippen LogP contribution is -2.60. The number of carboxylic acid groups (broad SMARTS) is 1. The topological polar surface area (TPSA) is 87.7 Å². The molecular weight excluding hydrogens is 280 g/mol. The molecule has 0 aromatic rings. The second-order valence-corrected chi connectivity index (χ2v) is 6.38. The molecule has 2 amide bonds. The number of amides is 2. The summed E-state index contributed by atoms with van der Waals surface area (Å²) in [4.78, 5) is 23.3. The van der Waals surface area contributed by atoms with Crippen molar-refractivity contribution in [2.45, 2.75) is 44.7 Å². The molecule has 1 fully saturated rings. The smallest absolute Gasteiger partial charge is 0.329 e. The largest absolute Gasteiger partial charge is 0.480 e. The van der Waals surface area contributed by atoms with E-state index < -0.39 is 17.5 Å². The van der Waals surface area contributed by atoms with Gasteiger partial charge in [-0.25, -0.2) is 9.59 Å². The molecule has 0 bridgehead atoms. The Labute approximate surface area is 124 Å². The number of carboxylic acids is 1. The molecule has 0 radical (unpaired) electrons. The molecule has 3 N–H and O–H groups in total. The van der Waals surface area contributed by atoms with Gasteiger partial charge in [-0.3, -0.25) is 0 Å². The number of ether oxygens (including phenoxy) is 1. The first-order valence-corrected chi connectivity index (χ1v) is 8.13. The zero-order valence-electron chi connectivity index (χ0n) is 12.1. The summed E-state index contributed by atoms with van der Waals surface area (Å²) in [6.45, 7) is 4.73. The summed E-state index contributed by atoms with van der Waals surface area (Å²) in [6.07, 6.45) is 1.47. The summed E-state index contributed by atoms with van der Waals surface area (Å²) < 4.78 is 5.17. The lowest BCUT2D eigenvalue weighted by atomic mass is 9.90. The zero-order chi connectivity index (χ0) is 15.0. The highest BCUT2D eigenvalue weighted by atomic mass is 32.2. The molecule has 1 rings (SSSR count). The van der Waals surface area contributed by atoms with Gasteiger partial charge >= 0.3 is 12.0 Å². The predicted octanol–water partition coefficient (Wildman–Crippen LogP) is 1.45. The van der Waals surface area contributed by atoms with Gasteiger partial charge in [0.25, 0.3) is 0 Å². The van der Waals surface area contributed by atoms with E-state index in [1.807, 2.05) is 18.7 Å². The Morgan fingerprint density at radius 2 is 2.05 bits per heavy atom. The minimum atomic E-state index is -1.19. The number of urea groups is 1. The third-order valence-corrected chi connectivity index (χ3v) is 4.32. The van der Waals surface area contributed by atoms with Gasteiger partial charge in [0, 0.05) is 32.1 Å². The molecule has 1 aliphatic rings. The number of thioether (sulfide) groups is 1. The van der Waals surface area contributed by atoms with Crippen LogP contribution in [-0.4, -0.2) is 53.4 Å². The Morgan fingerprint density at radius 3 is 2.60 bits per heavy atom. The second-order valence-electron chi connectivity index (χ2n) is 4.98. The summed E-state index contributed by atoms with van der Waals surface area (Å²) in [5.41, 5.74) is -1.19. The zero-order valence-corrected chi connectivity index (χ0v) is 12.9. The molecule has 7 heteroatoms. The Morgan fingerprint density at radius 1 is 1.40 bits per heavy atom. The average Bonchev–Trinajstić information content (AvgIpc) is 2.39. The SMILES string of the molecule is CCSCCC(C)NC(=O)NC1(C(=O)O)CCOCC1. The van der Waals surface area contributed by atoms with Gasteiger partial charge in [0.1, 0.15) is 5.54 Å². The number of hydrogen-bond acceptors (Lipinski definition) is 4.